The van der Waals surface area contributed by atoms with Gasteiger partial charge in [0.2, 0.25) is 0 Å². The molecule has 1 heterocycles. The summed E-state index contributed by atoms with van der Waals surface area (Å²) in [6.07, 6.45) is 8.72. The van der Waals surface area contributed by atoms with Crippen molar-refractivity contribution in [2.24, 2.45) is 5.92 Å². The van der Waals surface area contributed by atoms with Gasteiger partial charge in [0.15, 0.2) is 0 Å². The van der Waals surface area contributed by atoms with Crippen molar-refractivity contribution in [3.05, 3.63) is 58.4 Å². The summed E-state index contributed by atoms with van der Waals surface area (Å²) in [5.74, 6) is 0.716. The molecular weight excluding hydrogens is 314 g/mol. The summed E-state index contributed by atoms with van der Waals surface area (Å²) < 4.78 is 3.77. The first-order valence-electron chi connectivity index (χ1n) is 9.36. The zero-order valence-electron chi connectivity index (χ0n) is 14.9. The molecule has 1 aliphatic carbocycles. The fraction of sp³-hybridized carbons (Fsp3) is 0.524. The number of hydrogen-bond donors (Lipinski definition) is 2. The normalized spacial score (nSPS) is 29.7. The molecule has 2 N–H and O–H groups in total. The molecule has 1 aromatic carbocycles. The van der Waals surface area contributed by atoms with Gasteiger partial charge in [-0.1, -0.05) is 62.6 Å². The topological polar surface area (TPSA) is 32.3 Å². The Morgan fingerprint density at radius 2 is 1.88 bits per heavy atom. The molecule has 3 rings (SSSR count). The number of rotatable bonds is 6. The molecule has 1 aliphatic heterocycles. The third kappa shape index (κ3) is 3.63. The SMILES string of the molecule is CCNS1(C(c2ccccc2)C(C)O)C=CC(C2CCCCC2)=C1. The zero-order valence-corrected chi connectivity index (χ0v) is 15.8. The van der Waals surface area contributed by atoms with Crippen LogP contribution in [0.2, 0.25) is 0 Å². The van der Waals surface area contributed by atoms with Gasteiger partial charge in [0, 0.05) is 6.54 Å². The molecule has 0 bridgehead atoms. The van der Waals surface area contributed by atoms with E-state index in [9.17, 15) is 5.11 Å². The molecule has 0 saturated heterocycles. The van der Waals surface area contributed by atoms with Crippen molar-refractivity contribution in [3.63, 3.8) is 0 Å². The molecule has 2 aliphatic rings. The van der Waals surface area contributed by atoms with Gasteiger partial charge in [-0.05, 0) is 47.6 Å². The molecular formula is C21H31NOS. The van der Waals surface area contributed by atoms with Crippen LogP contribution < -0.4 is 4.72 Å². The maximum absolute atomic E-state index is 10.6. The smallest absolute Gasteiger partial charge is 0.0674 e. The predicted molar refractivity (Wildman–Crippen MR) is 106 cm³/mol. The minimum absolute atomic E-state index is 0.107. The van der Waals surface area contributed by atoms with Gasteiger partial charge in [-0.25, -0.2) is 0 Å². The molecule has 0 spiro atoms. The zero-order chi connectivity index (χ0) is 17.0. The van der Waals surface area contributed by atoms with Crippen molar-refractivity contribution in [2.75, 3.05) is 6.54 Å². The van der Waals surface area contributed by atoms with E-state index < -0.39 is 10.2 Å². The molecule has 1 fully saturated rings. The number of nitrogens with one attached hydrogen (secondary N) is 1. The van der Waals surface area contributed by atoms with E-state index in [0.717, 1.165) is 6.54 Å². The summed E-state index contributed by atoms with van der Waals surface area (Å²) in [6.45, 7) is 5.02. The van der Waals surface area contributed by atoms with Gasteiger partial charge in [0.05, 0.1) is 11.4 Å². The Balaban J connectivity index is 1.95. The highest BCUT2D eigenvalue weighted by Crippen LogP contribution is 2.64. The van der Waals surface area contributed by atoms with E-state index in [4.69, 9.17) is 0 Å². The lowest BCUT2D eigenvalue weighted by molar-refractivity contribution is 0.191. The fourth-order valence-electron chi connectivity index (χ4n) is 4.22. The van der Waals surface area contributed by atoms with Gasteiger partial charge in [-0.2, -0.15) is 0 Å². The van der Waals surface area contributed by atoms with Crippen molar-refractivity contribution < 1.29 is 5.11 Å². The second-order valence-electron chi connectivity index (χ2n) is 7.09. The molecule has 0 amide bonds. The molecule has 1 aromatic rings. The van der Waals surface area contributed by atoms with Gasteiger partial charge < -0.3 is 5.11 Å². The number of benzene rings is 1. The quantitative estimate of drug-likeness (QED) is 0.720. The average molecular weight is 346 g/mol. The second kappa shape index (κ2) is 7.90. The maximum atomic E-state index is 10.6. The summed E-state index contributed by atoms with van der Waals surface area (Å²) in [5.41, 5.74) is 2.74. The van der Waals surface area contributed by atoms with Crippen molar-refractivity contribution in [2.45, 2.75) is 57.3 Å². The van der Waals surface area contributed by atoms with Crippen molar-refractivity contribution in [3.8, 4) is 0 Å². The molecule has 3 atom stereocenters. The van der Waals surface area contributed by atoms with Crippen LogP contribution in [0.5, 0.6) is 0 Å². The van der Waals surface area contributed by atoms with Crippen LogP contribution in [0.1, 0.15) is 56.8 Å². The van der Waals surface area contributed by atoms with Crippen LogP contribution in [-0.4, -0.2) is 17.8 Å². The lowest BCUT2D eigenvalue weighted by Gasteiger charge is -2.43. The van der Waals surface area contributed by atoms with Crippen LogP contribution in [0.4, 0.5) is 0 Å². The Bertz CT molecular complexity index is 589. The summed E-state index contributed by atoms with van der Waals surface area (Å²) >= 11 is 0. The standard InChI is InChI=1S/C21H31NOS/c1-3-22-24(21(17(2)23)19-12-8-5-9-13-19)15-14-20(16-24)18-10-6-4-7-11-18/h5,8-9,12-18,21-23H,3-4,6-7,10-11H2,1-2H3. The highest BCUT2D eigenvalue weighted by molar-refractivity contribution is 8.37. The van der Waals surface area contributed by atoms with E-state index in [0.29, 0.717) is 5.92 Å². The molecule has 0 radical (unpaired) electrons. The summed E-state index contributed by atoms with van der Waals surface area (Å²) in [6, 6.07) is 10.5. The number of allylic oxidation sites excluding steroid dienone is 2. The maximum Gasteiger partial charge on any atom is 0.0674 e. The van der Waals surface area contributed by atoms with Gasteiger partial charge in [-0.15, -0.1) is 10.2 Å². The molecule has 132 valence electrons. The van der Waals surface area contributed by atoms with Gasteiger partial charge in [0.1, 0.15) is 0 Å². The molecule has 24 heavy (non-hydrogen) atoms. The third-order valence-corrected chi connectivity index (χ3v) is 8.82. The van der Waals surface area contributed by atoms with E-state index in [2.05, 4.69) is 52.8 Å². The molecule has 2 nitrogen and oxygen atoms in total. The van der Waals surface area contributed by atoms with Gasteiger partial charge >= 0.3 is 0 Å². The van der Waals surface area contributed by atoms with Crippen LogP contribution in [0, 0.1) is 5.92 Å². The van der Waals surface area contributed by atoms with Crippen molar-refractivity contribution in [1.82, 2.24) is 4.72 Å². The summed E-state index contributed by atoms with van der Waals surface area (Å²) in [5, 5.41) is 15.6. The minimum atomic E-state index is -1.35. The van der Waals surface area contributed by atoms with Crippen LogP contribution in [0.3, 0.4) is 0 Å². The highest BCUT2D eigenvalue weighted by Gasteiger charge is 2.37. The van der Waals surface area contributed by atoms with Crippen LogP contribution in [0.25, 0.3) is 0 Å². The molecule has 0 aromatic heterocycles. The Morgan fingerprint density at radius 3 is 2.50 bits per heavy atom. The van der Waals surface area contributed by atoms with E-state index >= 15 is 0 Å². The Labute approximate surface area is 148 Å². The van der Waals surface area contributed by atoms with E-state index in [-0.39, 0.29) is 11.4 Å². The van der Waals surface area contributed by atoms with Crippen LogP contribution in [0.15, 0.2) is 52.8 Å². The Kier molecular flexibility index (Phi) is 5.85. The average Bonchev–Trinajstić information content (AvgIpc) is 3.01. The first-order valence-corrected chi connectivity index (χ1v) is 11.2. The fourth-order valence-corrected chi connectivity index (χ4v) is 7.84. The number of aliphatic hydroxyl groups excluding tert-OH is 1. The van der Waals surface area contributed by atoms with E-state index in [1.165, 1.54) is 43.2 Å². The predicted octanol–water partition coefficient (Wildman–Crippen LogP) is 5.43. The molecule has 3 heteroatoms. The van der Waals surface area contributed by atoms with E-state index in [1.807, 2.05) is 13.0 Å². The van der Waals surface area contributed by atoms with Crippen molar-refractivity contribution in [1.29, 1.82) is 0 Å². The summed E-state index contributed by atoms with van der Waals surface area (Å²) in [4.78, 5) is 0. The van der Waals surface area contributed by atoms with E-state index in [1.54, 1.807) is 0 Å². The largest absolute Gasteiger partial charge is 0.392 e. The van der Waals surface area contributed by atoms with Gasteiger partial charge in [0.25, 0.3) is 0 Å². The Hall–Kier alpha value is -1.03. The minimum Gasteiger partial charge on any atom is -0.392 e. The Morgan fingerprint density at radius 1 is 1.17 bits per heavy atom. The van der Waals surface area contributed by atoms with Crippen molar-refractivity contribution >= 4 is 10.2 Å². The summed E-state index contributed by atoms with van der Waals surface area (Å²) in [7, 11) is -1.35. The molecule has 3 unspecified atom stereocenters. The van der Waals surface area contributed by atoms with Gasteiger partial charge in [-0.3, -0.25) is 4.72 Å². The monoisotopic (exact) mass is 345 g/mol. The lowest BCUT2D eigenvalue weighted by atomic mass is 9.84. The first kappa shape index (κ1) is 17.8. The number of aliphatic hydroxyl groups is 1. The lowest BCUT2D eigenvalue weighted by Crippen LogP contribution is -2.28. The second-order valence-corrected chi connectivity index (χ2v) is 9.92. The van der Waals surface area contributed by atoms with Crippen LogP contribution >= 0.6 is 10.2 Å². The highest BCUT2D eigenvalue weighted by atomic mass is 32.3. The third-order valence-electron chi connectivity index (χ3n) is 5.27. The molecule has 1 saturated carbocycles. The van der Waals surface area contributed by atoms with Crippen LogP contribution in [-0.2, 0) is 0 Å². The first-order chi connectivity index (χ1) is 11.7. The number of hydrogen-bond acceptors (Lipinski definition) is 2.